The van der Waals surface area contributed by atoms with Gasteiger partial charge in [0.25, 0.3) is 0 Å². The molecule has 3 aromatic carbocycles. The highest BCUT2D eigenvalue weighted by molar-refractivity contribution is 6.12. The zero-order chi connectivity index (χ0) is 22.0. The first-order chi connectivity index (χ1) is 15.8. The molecule has 1 heterocycles. The van der Waals surface area contributed by atoms with Gasteiger partial charge in [0.15, 0.2) is 0 Å². The molecule has 0 saturated carbocycles. The Balaban J connectivity index is 1.34. The van der Waals surface area contributed by atoms with Gasteiger partial charge in [-0.15, -0.1) is 0 Å². The van der Waals surface area contributed by atoms with Gasteiger partial charge >= 0.3 is 0 Å². The summed E-state index contributed by atoms with van der Waals surface area (Å²) in [6.45, 7) is 7.00. The summed E-state index contributed by atoms with van der Waals surface area (Å²) in [7, 11) is 2.19. The van der Waals surface area contributed by atoms with Crippen LogP contribution in [0.5, 0.6) is 5.75 Å². The van der Waals surface area contributed by atoms with Crippen molar-refractivity contribution in [3.05, 3.63) is 102 Å². The Morgan fingerprint density at radius 2 is 1.47 bits per heavy atom. The number of nitrogens with zero attached hydrogens (tertiary/aromatic N) is 3. The Kier molecular flexibility index (Phi) is 8.07. The van der Waals surface area contributed by atoms with Crippen molar-refractivity contribution in [2.24, 2.45) is 4.99 Å². The monoisotopic (exact) mass is 427 g/mol. The Labute approximate surface area is 192 Å². The summed E-state index contributed by atoms with van der Waals surface area (Å²) >= 11 is 0. The molecule has 0 atom stereocenters. The normalized spacial score (nSPS) is 14.8. The minimum Gasteiger partial charge on any atom is -0.492 e. The van der Waals surface area contributed by atoms with E-state index in [1.807, 2.05) is 12.1 Å². The van der Waals surface area contributed by atoms with Gasteiger partial charge in [0.05, 0.1) is 5.71 Å². The number of aliphatic imine (C=N–C) groups is 1. The third kappa shape index (κ3) is 6.52. The maximum absolute atomic E-state index is 6.05. The Hall–Kier alpha value is -2.95. The molecular weight excluding hydrogens is 394 g/mol. The number of hydrogen-bond donors (Lipinski definition) is 0. The van der Waals surface area contributed by atoms with E-state index in [4.69, 9.17) is 9.73 Å². The predicted molar refractivity (Wildman–Crippen MR) is 133 cm³/mol. The molecule has 1 aliphatic heterocycles. The molecule has 0 N–H and O–H groups in total. The smallest absolute Gasteiger partial charge is 0.119 e. The summed E-state index contributed by atoms with van der Waals surface area (Å²) in [5.41, 5.74) is 4.61. The highest BCUT2D eigenvalue weighted by Crippen LogP contribution is 2.15. The van der Waals surface area contributed by atoms with Crippen LogP contribution in [0.25, 0.3) is 0 Å². The lowest BCUT2D eigenvalue weighted by atomic mass is 10.0. The molecule has 0 aromatic heterocycles. The van der Waals surface area contributed by atoms with E-state index < -0.39 is 0 Å². The molecule has 0 aliphatic carbocycles. The number of hydrogen-bond acceptors (Lipinski definition) is 4. The van der Waals surface area contributed by atoms with Gasteiger partial charge in [-0.1, -0.05) is 72.8 Å². The van der Waals surface area contributed by atoms with Crippen molar-refractivity contribution in [2.75, 3.05) is 52.9 Å². The summed E-state index contributed by atoms with van der Waals surface area (Å²) in [6.07, 6.45) is 0.888. The molecule has 1 fully saturated rings. The minimum absolute atomic E-state index is 0.734. The second kappa shape index (κ2) is 11.6. The fraction of sp³-hybridized carbons (Fsp3) is 0.321. The van der Waals surface area contributed by atoms with E-state index >= 15 is 0 Å². The van der Waals surface area contributed by atoms with Crippen molar-refractivity contribution < 1.29 is 4.74 Å². The van der Waals surface area contributed by atoms with Crippen molar-refractivity contribution >= 4 is 5.71 Å². The molecule has 0 spiro atoms. The van der Waals surface area contributed by atoms with E-state index in [-0.39, 0.29) is 0 Å². The van der Waals surface area contributed by atoms with Gasteiger partial charge < -0.3 is 9.64 Å². The first-order valence-electron chi connectivity index (χ1n) is 11.6. The van der Waals surface area contributed by atoms with Crippen LogP contribution in [0, 0.1) is 0 Å². The molecule has 3 aromatic rings. The van der Waals surface area contributed by atoms with E-state index in [0.717, 1.165) is 74.9 Å². The van der Waals surface area contributed by atoms with Gasteiger partial charge in [-0.05, 0) is 31.2 Å². The highest BCUT2D eigenvalue weighted by Gasteiger charge is 2.13. The first-order valence-corrected chi connectivity index (χ1v) is 11.6. The summed E-state index contributed by atoms with van der Waals surface area (Å²) < 4.78 is 6.05. The molecule has 4 rings (SSSR count). The third-order valence-corrected chi connectivity index (χ3v) is 5.94. The van der Waals surface area contributed by atoms with E-state index in [2.05, 4.69) is 89.6 Å². The average molecular weight is 428 g/mol. The van der Waals surface area contributed by atoms with E-state index in [9.17, 15) is 0 Å². The maximum atomic E-state index is 6.05. The summed E-state index contributed by atoms with van der Waals surface area (Å²) in [4.78, 5) is 9.84. The van der Waals surface area contributed by atoms with Gasteiger partial charge in [-0.3, -0.25) is 9.89 Å². The summed E-state index contributed by atoms with van der Waals surface area (Å²) in [6, 6.07) is 29.3. The fourth-order valence-corrected chi connectivity index (χ4v) is 3.99. The van der Waals surface area contributed by atoms with Crippen LogP contribution in [0.15, 0.2) is 89.9 Å². The predicted octanol–water partition coefficient (Wildman–Crippen LogP) is 4.39. The fourth-order valence-electron chi connectivity index (χ4n) is 3.99. The number of likely N-dealkylation sites (N-methyl/N-ethyl adjacent to an activating group) is 1. The second-order valence-corrected chi connectivity index (χ2v) is 8.35. The molecule has 0 bridgehead atoms. The van der Waals surface area contributed by atoms with E-state index in [0.29, 0.717) is 0 Å². The first kappa shape index (κ1) is 22.3. The second-order valence-electron chi connectivity index (χ2n) is 8.35. The molecule has 0 radical (unpaired) electrons. The summed E-state index contributed by atoms with van der Waals surface area (Å²) in [5.74, 6) is 0.951. The van der Waals surface area contributed by atoms with Crippen molar-refractivity contribution in [3.63, 3.8) is 0 Å². The zero-order valence-corrected chi connectivity index (χ0v) is 19.0. The minimum atomic E-state index is 0.734. The molecule has 4 heteroatoms. The Morgan fingerprint density at radius 3 is 2.12 bits per heavy atom. The van der Waals surface area contributed by atoms with Gasteiger partial charge in [-0.25, -0.2) is 0 Å². The van der Waals surface area contributed by atoms with Crippen LogP contribution in [0.1, 0.15) is 16.7 Å². The van der Waals surface area contributed by atoms with Crippen LogP contribution in [-0.2, 0) is 6.42 Å². The lowest BCUT2D eigenvalue weighted by Crippen LogP contribution is -2.45. The van der Waals surface area contributed by atoms with Crippen molar-refractivity contribution in [3.8, 4) is 5.75 Å². The van der Waals surface area contributed by atoms with E-state index in [1.54, 1.807) is 0 Å². The van der Waals surface area contributed by atoms with Gasteiger partial charge in [-0.2, -0.15) is 0 Å². The molecular formula is C28H33N3O. The van der Waals surface area contributed by atoms with Gasteiger partial charge in [0, 0.05) is 50.4 Å². The zero-order valence-electron chi connectivity index (χ0n) is 19.0. The van der Waals surface area contributed by atoms with Crippen molar-refractivity contribution in [2.45, 2.75) is 6.42 Å². The summed E-state index contributed by atoms with van der Waals surface area (Å²) in [5, 5.41) is 0. The molecule has 1 aliphatic rings. The van der Waals surface area contributed by atoms with Crippen molar-refractivity contribution in [1.29, 1.82) is 0 Å². The van der Waals surface area contributed by atoms with Crippen LogP contribution in [0.2, 0.25) is 0 Å². The Morgan fingerprint density at radius 1 is 0.812 bits per heavy atom. The number of ether oxygens (including phenoxy) is 1. The molecule has 32 heavy (non-hydrogen) atoms. The van der Waals surface area contributed by atoms with Crippen LogP contribution < -0.4 is 4.74 Å². The number of piperazine rings is 1. The molecule has 4 nitrogen and oxygen atoms in total. The quantitative estimate of drug-likeness (QED) is 0.474. The number of rotatable bonds is 9. The van der Waals surface area contributed by atoms with Gasteiger partial charge in [0.1, 0.15) is 12.4 Å². The molecule has 0 unspecified atom stereocenters. The third-order valence-electron chi connectivity index (χ3n) is 5.94. The average Bonchev–Trinajstić information content (AvgIpc) is 2.84. The highest BCUT2D eigenvalue weighted by atomic mass is 16.5. The van der Waals surface area contributed by atoms with E-state index in [1.165, 1.54) is 5.56 Å². The van der Waals surface area contributed by atoms with Crippen LogP contribution in [0.4, 0.5) is 0 Å². The van der Waals surface area contributed by atoms with Crippen LogP contribution in [0.3, 0.4) is 0 Å². The topological polar surface area (TPSA) is 28.1 Å². The molecule has 1 saturated heterocycles. The van der Waals surface area contributed by atoms with Crippen molar-refractivity contribution in [1.82, 2.24) is 9.80 Å². The maximum Gasteiger partial charge on any atom is 0.119 e. The van der Waals surface area contributed by atoms with Gasteiger partial charge in [0.2, 0.25) is 0 Å². The number of benzene rings is 3. The van der Waals surface area contributed by atoms with Crippen LogP contribution >= 0.6 is 0 Å². The lowest BCUT2D eigenvalue weighted by Gasteiger charge is -2.32. The largest absolute Gasteiger partial charge is 0.492 e. The molecule has 166 valence electrons. The Bertz CT molecular complexity index is 938. The molecule has 0 amide bonds. The van der Waals surface area contributed by atoms with Crippen LogP contribution in [-0.4, -0.2) is 68.4 Å². The lowest BCUT2D eigenvalue weighted by molar-refractivity contribution is 0.133. The SMILES string of the molecule is CN1CCN(CCOc2cccc(CCN=C(c3ccccc3)c3ccccc3)c2)CC1. The standard InChI is InChI=1S/C28H33N3O/c1-30-17-19-31(20-18-30)21-22-32-27-14-8-9-24(23-27)15-16-29-28(25-10-4-2-5-11-25)26-12-6-3-7-13-26/h2-14,23H,15-22H2,1H3.